The molecular weight excluding hydrogens is 152 g/mol. The van der Waals surface area contributed by atoms with E-state index in [1.807, 2.05) is 18.2 Å². The van der Waals surface area contributed by atoms with Gasteiger partial charge in [-0.2, -0.15) is 4.91 Å². The van der Waals surface area contributed by atoms with E-state index in [1.54, 1.807) is 5.01 Å². The smallest absolute Gasteiger partial charge is 0.134 e. The van der Waals surface area contributed by atoms with Crippen molar-refractivity contribution < 1.29 is 0 Å². The molecule has 0 N–H and O–H groups in total. The highest BCUT2D eigenvalue weighted by Gasteiger charge is 2.20. The minimum atomic E-state index is 0.795. The Hall–Kier alpha value is -1.67. The summed E-state index contributed by atoms with van der Waals surface area (Å²) in [6.07, 6.45) is 0.967. The van der Waals surface area contributed by atoms with Gasteiger partial charge in [0.1, 0.15) is 5.69 Å². The van der Waals surface area contributed by atoms with Gasteiger partial charge in [0.2, 0.25) is 0 Å². The fourth-order valence-electron chi connectivity index (χ4n) is 1.46. The van der Waals surface area contributed by atoms with Crippen LogP contribution in [-0.2, 0) is 6.42 Å². The molecule has 0 aliphatic carbocycles. The Balaban J connectivity index is 2.42. The molecule has 0 bridgehead atoms. The summed E-state index contributed by atoms with van der Waals surface area (Å²) in [4.78, 5) is 2.77. The molecule has 0 amide bonds. The van der Waals surface area contributed by atoms with E-state index in [-0.39, 0.29) is 0 Å². The Labute approximate surface area is 70.0 Å². The molecule has 0 saturated carbocycles. The molecule has 1 aromatic carbocycles. The van der Waals surface area contributed by atoms with Crippen molar-refractivity contribution >= 4 is 5.69 Å². The molecule has 12 heavy (non-hydrogen) atoms. The Morgan fingerprint density at radius 2 is 2.25 bits per heavy atom. The number of azide groups is 1. The molecule has 1 aliphatic rings. The quantitative estimate of drug-likeness (QED) is 0.353. The summed E-state index contributed by atoms with van der Waals surface area (Å²) >= 11 is 0. The largest absolute Gasteiger partial charge is 0.213 e. The summed E-state index contributed by atoms with van der Waals surface area (Å²) in [5, 5.41) is 5.27. The topological polar surface area (TPSA) is 52.0 Å². The van der Waals surface area contributed by atoms with Gasteiger partial charge < -0.3 is 0 Å². The van der Waals surface area contributed by atoms with E-state index >= 15 is 0 Å². The van der Waals surface area contributed by atoms with Gasteiger partial charge in [-0.1, -0.05) is 18.2 Å². The van der Waals surface area contributed by atoms with Crippen molar-refractivity contribution in [3.05, 3.63) is 40.3 Å². The van der Waals surface area contributed by atoms with Crippen molar-refractivity contribution in [1.82, 2.24) is 0 Å². The third kappa shape index (κ3) is 0.984. The summed E-state index contributed by atoms with van der Waals surface area (Å²) in [7, 11) is 0. The lowest BCUT2D eigenvalue weighted by atomic mass is 10.2. The minimum absolute atomic E-state index is 0.795. The van der Waals surface area contributed by atoms with Crippen LogP contribution in [0.3, 0.4) is 0 Å². The Bertz CT molecular complexity index is 341. The molecule has 2 rings (SSSR count). The maximum atomic E-state index is 8.27. The van der Waals surface area contributed by atoms with Crippen LogP contribution in [0.4, 0.5) is 5.69 Å². The van der Waals surface area contributed by atoms with E-state index < -0.39 is 0 Å². The van der Waals surface area contributed by atoms with Crippen LogP contribution < -0.4 is 5.01 Å². The van der Waals surface area contributed by atoms with Crippen LogP contribution in [0, 0.1) is 0 Å². The number of rotatable bonds is 1. The standard InChI is InChI=1S/C8H8N4/c9-10-11-12-6-5-7-3-1-2-4-8(7)12/h1-4H,5-6H2. The third-order valence-corrected chi connectivity index (χ3v) is 2.01. The Morgan fingerprint density at radius 3 is 3.08 bits per heavy atom. The van der Waals surface area contributed by atoms with Crippen molar-refractivity contribution in [3.63, 3.8) is 0 Å². The molecule has 60 valence electrons. The van der Waals surface area contributed by atoms with Crippen LogP contribution in [0.1, 0.15) is 5.56 Å². The minimum Gasteiger partial charge on any atom is -0.213 e. The molecule has 0 unspecified atom stereocenters. The van der Waals surface area contributed by atoms with Crippen LogP contribution in [-0.4, -0.2) is 6.54 Å². The van der Waals surface area contributed by atoms with Crippen molar-refractivity contribution in [2.45, 2.75) is 6.42 Å². The zero-order valence-electron chi connectivity index (χ0n) is 6.51. The van der Waals surface area contributed by atoms with Crippen molar-refractivity contribution in [2.24, 2.45) is 5.22 Å². The van der Waals surface area contributed by atoms with Crippen molar-refractivity contribution in [2.75, 3.05) is 11.6 Å². The van der Waals surface area contributed by atoms with E-state index in [0.717, 1.165) is 18.7 Å². The first-order valence-electron chi connectivity index (χ1n) is 3.82. The van der Waals surface area contributed by atoms with Crippen LogP contribution in [0.25, 0.3) is 10.4 Å². The number of nitrogens with zero attached hydrogens (tertiary/aromatic N) is 4. The maximum Gasteiger partial charge on any atom is 0.134 e. The van der Waals surface area contributed by atoms with Gasteiger partial charge in [-0.3, -0.25) is 0 Å². The molecule has 1 heterocycles. The van der Waals surface area contributed by atoms with Gasteiger partial charge in [-0.15, -0.1) is 5.53 Å². The van der Waals surface area contributed by atoms with Crippen LogP contribution in [0.15, 0.2) is 29.5 Å². The molecule has 4 nitrogen and oxygen atoms in total. The van der Waals surface area contributed by atoms with Crippen LogP contribution in [0.5, 0.6) is 0 Å². The second-order valence-corrected chi connectivity index (χ2v) is 2.68. The van der Waals surface area contributed by atoms with Crippen LogP contribution in [0.2, 0.25) is 0 Å². The molecule has 4 heteroatoms. The summed E-state index contributed by atoms with van der Waals surface area (Å²) in [5.74, 6) is 0. The highest BCUT2D eigenvalue weighted by Crippen LogP contribution is 2.27. The molecule has 0 fully saturated rings. The molecular formula is C8H8N4. The lowest BCUT2D eigenvalue weighted by Crippen LogP contribution is -2.10. The maximum absolute atomic E-state index is 8.27. The van der Waals surface area contributed by atoms with E-state index in [4.69, 9.17) is 5.53 Å². The monoisotopic (exact) mass is 160 g/mol. The Morgan fingerprint density at radius 1 is 1.42 bits per heavy atom. The number of hydrogen-bond acceptors (Lipinski definition) is 1. The fraction of sp³-hybridized carbons (Fsp3) is 0.250. The highest BCUT2D eigenvalue weighted by atomic mass is 15.5. The molecule has 0 saturated heterocycles. The van der Waals surface area contributed by atoms with Crippen LogP contribution >= 0.6 is 0 Å². The van der Waals surface area contributed by atoms with Gasteiger partial charge in [0.05, 0.1) is 6.54 Å². The molecule has 0 atom stereocenters. The zero-order chi connectivity index (χ0) is 8.39. The van der Waals surface area contributed by atoms with Crippen molar-refractivity contribution in [1.29, 1.82) is 0 Å². The van der Waals surface area contributed by atoms with Gasteiger partial charge in [0.25, 0.3) is 0 Å². The predicted octanol–water partition coefficient (Wildman–Crippen LogP) is 2.27. The van der Waals surface area contributed by atoms with Gasteiger partial charge in [-0.25, -0.2) is 5.01 Å². The summed E-state index contributed by atoms with van der Waals surface area (Å²) in [6.45, 7) is 0.795. The first kappa shape index (κ1) is 7.00. The number of fused-ring (bicyclic) bond motifs is 1. The highest BCUT2D eigenvalue weighted by molar-refractivity contribution is 5.56. The van der Waals surface area contributed by atoms with Gasteiger partial charge in [0, 0.05) is 12.0 Å². The number of para-hydroxylation sites is 1. The average molecular weight is 160 g/mol. The molecule has 1 aromatic rings. The van der Waals surface area contributed by atoms with E-state index in [0.29, 0.717) is 0 Å². The summed E-state index contributed by atoms with van der Waals surface area (Å²) in [5.41, 5.74) is 10.6. The van der Waals surface area contributed by atoms with Crippen molar-refractivity contribution in [3.8, 4) is 0 Å². The van der Waals surface area contributed by atoms with Gasteiger partial charge in [-0.05, 0) is 11.3 Å². The Kier molecular flexibility index (Phi) is 1.61. The summed E-state index contributed by atoms with van der Waals surface area (Å²) in [6, 6.07) is 7.97. The number of benzene rings is 1. The van der Waals surface area contributed by atoms with Gasteiger partial charge in [0.15, 0.2) is 0 Å². The van der Waals surface area contributed by atoms with E-state index in [2.05, 4.69) is 16.2 Å². The second-order valence-electron chi connectivity index (χ2n) is 2.68. The SMILES string of the molecule is [N-]=[N+]=NN1CCc2ccccc21. The average Bonchev–Trinajstić information content (AvgIpc) is 2.50. The van der Waals surface area contributed by atoms with Gasteiger partial charge >= 0.3 is 0 Å². The first-order valence-corrected chi connectivity index (χ1v) is 3.82. The third-order valence-electron chi connectivity index (χ3n) is 2.01. The second kappa shape index (κ2) is 2.75. The molecule has 1 aliphatic heterocycles. The lowest BCUT2D eigenvalue weighted by molar-refractivity contribution is 0.881. The van der Waals surface area contributed by atoms with E-state index in [9.17, 15) is 0 Å². The number of hydrogen-bond donors (Lipinski definition) is 0. The molecule has 0 spiro atoms. The first-order chi connectivity index (χ1) is 5.92. The fourth-order valence-corrected chi connectivity index (χ4v) is 1.46. The zero-order valence-corrected chi connectivity index (χ0v) is 6.51. The predicted molar refractivity (Wildman–Crippen MR) is 46.6 cm³/mol. The lowest BCUT2D eigenvalue weighted by Gasteiger charge is -2.04. The summed E-state index contributed by atoms with van der Waals surface area (Å²) < 4.78 is 0. The van der Waals surface area contributed by atoms with E-state index in [1.165, 1.54) is 5.56 Å². The molecule has 0 radical (unpaired) electrons. The normalized spacial score (nSPS) is 13.8. The molecule has 0 aromatic heterocycles. The number of anilines is 1.